The minimum absolute atomic E-state index is 0.162. The Hall–Kier alpha value is -3.16. The average molecular weight is 453 g/mol. The molecule has 0 fully saturated rings. The van der Waals surface area contributed by atoms with Crippen LogP contribution in [0.1, 0.15) is 29.8 Å². The van der Waals surface area contributed by atoms with Gasteiger partial charge in [-0.3, -0.25) is 4.79 Å². The molecule has 0 radical (unpaired) electrons. The molecule has 0 saturated heterocycles. The van der Waals surface area contributed by atoms with E-state index in [4.69, 9.17) is 4.74 Å². The number of amides is 1. The Morgan fingerprint density at radius 2 is 1.56 bits per heavy atom. The minimum Gasteiger partial charge on any atom is -0.492 e. The van der Waals surface area contributed by atoms with Crippen LogP contribution in [-0.2, 0) is 16.6 Å². The second-order valence-electron chi connectivity index (χ2n) is 7.93. The molecule has 0 spiro atoms. The molecule has 1 amide bonds. The van der Waals surface area contributed by atoms with E-state index in [-0.39, 0.29) is 17.3 Å². The summed E-state index contributed by atoms with van der Waals surface area (Å²) in [7, 11) is -2.11. The van der Waals surface area contributed by atoms with Crippen LogP contribution in [0.15, 0.2) is 83.8 Å². The van der Waals surface area contributed by atoms with E-state index in [0.717, 1.165) is 5.56 Å². The van der Waals surface area contributed by atoms with Gasteiger partial charge in [-0.05, 0) is 47.9 Å². The Morgan fingerprint density at radius 3 is 2.22 bits per heavy atom. The standard InChI is InChI=1S/C25H28N2O4S/c1-19(2)18-31-24-12-8-7-11-23(24)25(28)26-21-13-15-22(16-14-21)32(29,30)27(3)17-20-9-5-4-6-10-20/h4-16,19H,17-18H2,1-3H3,(H,26,28). The van der Waals surface area contributed by atoms with Gasteiger partial charge in [0.15, 0.2) is 0 Å². The van der Waals surface area contributed by atoms with Crippen molar-refractivity contribution in [2.24, 2.45) is 5.92 Å². The molecule has 0 aliphatic rings. The lowest BCUT2D eigenvalue weighted by Crippen LogP contribution is -2.26. The number of anilines is 1. The molecule has 3 aromatic rings. The van der Waals surface area contributed by atoms with Gasteiger partial charge in [0.25, 0.3) is 5.91 Å². The first-order chi connectivity index (χ1) is 15.3. The zero-order chi connectivity index (χ0) is 23.1. The number of para-hydroxylation sites is 1. The Balaban J connectivity index is 1.70. The van der Waals surface area contributed by atoms with Crippen LogP contribution in [0.25, 0.3) is 0 Å². The molecule has 0 unspecified atom stereocenters. The second-order valence-corrected chi connectivity index (χ2v) is 9.97. The van der Waals surface area contributed by atoms with E-state index in [1.807, 2.05) is 50.2 Å². The summed E-state index contributed by atoms with van der Waals surface area (Å²) in [5.41, 5.74) is 1.83. The smallest absolute Gasteiger partial charge is 0.259 e. The highest BCUT2D eigenvalue weighted by atomic mass is 32.2. The Morgan fingerprint density at radius 1 is 0.938 bits per heavy atom. The maximum atomic E-state index is 12.9. The summed E-state index contributed by atoms with van der Waals surface area (Å²) in [6.07, 6.45) is 0. The van der Waals surface area contributed by atoms with Gasteiger partial charge in [-0.2, -0.15) is 4.31 Å². The molecule has 0 bridgehead atoms. The van der Waals surface area contributed by atoms with Gasteiger partial charge in [0, 0.05) is 19.3 Å². The molecule has 7 heteroatoms. The zero-order valence-electron chi connectivity index (χ0n) is 18.5. The molecule has 3 rings (SSSR count). The van der Waals surface area contributed by atoms with Crippen LogP contribution in [0.5, 0.6) is 5.75 Å². The predicted octanol–water partition coefficient (Wildman–Crippen LogP) is 4.79. The summed E-state index contributed by atoms with van der Waals surface area (Å²) >= 11 is 0. The first-order valence-electron chi connectivity index (χ1n) is 10.4. The maximum absolute atomic E-state index is 12.9. The molecule has 6 nitrogen and oxygen atoms in total. The van der Waals surface area contributed by atoms with Crippen LogP contribution in [0.3, 0.4) is 0 Å². The lowest BCUT2D eigenvalue weighted by molar-refractivity contribution is 0.102. The fourth-order valence-corrected chi connectivity index (χ4v) is 4.21. The van der Waals surface area contributed by atoms with E-state index in [1.54, 1.807) is 37.4 Å². The Labute approximate surface area is 189 Å². The Bertz CT molecular complexity index is 1140. The molecular formula is C25H28N2O4S. The van der Waals surface area contributed by atoms with Gasteiger partial charge >= 0.3 is 0 Å². The molecule has 0 aliphatic carbocycles. The molecule has 168 valence electrons. The van der Waals surface area contributed by atoms with Gasteiger partial charge in [-0.1, -0.05) is 56.3 Å². The van der Waals surface area contributed by atoms with E-state index in [1.165, 1.54) is 16.4 Å². The number of benzene rings is 3. The summed E-state index contributed by atoms with van der Waals surface area (Å²) in [5.74, 6) is 0.530. The third-order valence-corrected chi connectivity index (χ3v) is 6.59. The van der Waals surface area contributed by atoms with E-state index < -0.39 is 10.0 Å². The first-order valence-corrected chi connectivity index (χ1v) is 11.8. The van der Waals surface area contributed by atoms with E-state index in [0.29, 0.717) is 29.5 Å². The van der Waals surface area contributed by atoms with Crippen LogP contribution in [0, 0.1) is 5.92 Å². The van der Waals surface area contributed by atoms with Crippen LogP contribution in [0.4, 0.5) is 5.69 Å². The number of sulfonamides is 1. The topological polar surface area (TPSA) is 75.7 Å². The fraction of sp³-hybridized carbons (Fsp3) is 0.240. The molecule has 1 N–H and O–H groups in total. The summed E-state index contributed by atoms with van der Waals surface area (Å²) in [6.45, 7) is 4.85. The van der Waals surface area contributed by atoms with Gasteiger partial charge in [0.2, 0.25) is 10.0 Å². The third-order valence-electron chi connectivity index (χ3n) is 4.77. The summed E-state index contributed by atoms with van der Waals surface area (Å²) in [5, 5.41) is 2.81. The van der Waals surface area contributed by atoms with Crippen molar-refractivity contribution in [3.63, 3.8) is 0 Å². The normalized spacial score (nSPS) is 11.5. The summed E-state index contributed by atoms with van der Waals surface area (Å²) in [4.78, 5) is 12.9. The quantitative estimate of drug-likeness (QED) is 0.506. The van der Waals surface area contributed by atoms with Crippen molar-refractivity contribution in [3.8, 4) is 5.75 Å². The Kier molecular flexibility index (Phi) is 7.66. The molecular weight excluding hydrogens is 424 g/mol. The lowest BCUT2D eigenvalue weighted by Gasteiger charge is -2.17. The number of rotatable bonds is 9. The highest BCUT2D eigenvalue weighted by Crippen LogP contribution is 2.22. The van der Waals surface area contributed by atoms with Crippen molar-refractivity contribution in [1.29, 1.82) is 0 Å². The minimum atomic E-state index is -3.66. The number of carbonyl (C=O) groups excluding carboxylic acids is 1. The van der Waals surface area contributed by atoms with E-state index in [9.17, 15) is 13.2 Å². The van der Waals surface area contributed by atoms with Gasteiger partial charge < -0.3 is 10.1 Å². The highest BCUT2D eigenvalue weighted by Gasteiger charge is 2.21. The number of hydrogen-bond donors (Lipinski definition) is 1. The number of carbonyl (C=O) groups is 1. The molecule has 3 aromatic carbocycles. The number of nitrogens with zero attached hydrogens (tertiary/aromatic N) is 1. The molecule has 0 aliphatic heterocycles. The van der Waals surface area contributed by atoms with E-state index in [2.05, 4.69) is 5.32 Å². The van der Waals surface area contributed by atoms with Crippen LogP contribution in [-0.4, -0.2) is 32.3 Å². The number of ether oxygens (including phenoxy) is 1. The molecule has 0 saturated carbocycles. The monoisotopic (exact) mass is 452 g/mol. The van der Waals surface area contributed by atoms with Gasteiger partial charge in [0.05, 0.1) is 17.1 Å². The van der Waals surface area contributed by atoms with E-state index >= 15 is 0 Å². The van der Waals surface area contributed by atoms with Crippen molar-refractivity contribution < 1.29 is 17.9 Å². The number of hydrogen-bond acceptors (Lipinski definition) is 4. The largest absolute Gasteiger partial charge is 0.492 e. The SMILES string of the molecule is CC(C)COc1ccccc1C(=O)Nc1ccc(S(=O)(=O)N(C)Cc2ccccc2)cc1. The first kappa shape index (κ1) is 23.5. The summed E-state index contributed by atoms with van der Waals surface area (Å²) in [6, 6.07) is 22.6. The molecule has 0 aromatic heterocycles. The van der Waals surface area contributed by atoms with Crippen molar-refractivity contribution in [3.05, 3.63) is 90.0 Å². The van der Waals surface area contributed by atoms with Gasteiger partial charge in [0.1, 0.15) is 5.75 Å². The predicted molar refractivity (Wildman–Crippen MR) is 126 cm³/mol. The fourth-order valence-electron chi connectivity index (χ4n) is 3.05. The molecule has 0 atom stereocenters. The van der Waals surface area contributed by atoms with Gasteiger partial charge in [-0.25, -0.2) is 8.42 Å². The molecule has 32 heavy (non-hydrogen) atoms. The average Bonchev–Trinajstić information content (AvgIpc) is 2.79. The van der Waals surface area contributed by atoms with Gasteiger partial charge in [-0.15, -0.1) is 0 Å². The van der Waals surface area contributed by atoms with Crippen LogP contribution < -0.4 is 10.1 Å². The number of nitrogens with one attached hydrogen (secondary N) is 1. The zero-order valence-corrected chi connectivity index (χ0v) is 19.3. The maximum Gasteiger partial charge on any atom is 0.259 e. The summed E-state index contributed by atoms with van der Waals surface area (Å²) < 4.78 is 32.8. The van der Waals surface area contributed by atoms with Crippen molar-refractivity contribution >= 4 is 21.6 Å². The van der Waals surface area contributed by atoms with Crippen molar-refractivity contribution in [2.75, 3.05) is 19.0 Å². The molecule has 0 heterocycles. The second kappa shape index (κ2) is 10.4. The highest BCUT2D eigenvalue weighted by molar-refractivity contribution is 7.89. The third kappa shape index (κ3) is 5.96. The lowest BCUT2D eigenvalue weighted by atomic mass is 10.1. The van der Waals surface area contributed by atoms with Crippen LogP contribution in [0.2, 0.25) is 0 Å². The van der Waals surface area contributed by atoms with Crippen LogP contribution >= 0.6 is 0 Å². The van der Waals surface area contributed by atoms with Crippen molar-refractivity contribution in [1.82, 2.24) is 4.31 Å². The van der Waals surface area contributed by atoms with Crippen molar-refractivity contribution in [2.45, 2.75) is 25.3 Å².